The third kappa shape index (κ3) is 5.14. The standard InChI is InChI=1S/C19H20N2O5/c1-19(2,3)14-9-7-13(8-10-14)18(23)26-12-17(22)20-15-5-4-6-16(11-15)21(24)25/h4-11H,12H2,1-3H3,(H,20,22). The smallest absolute Gasteiger partial charge is 0.338 e. The van der Waals surface area contributed by atoms with Crippen LogP contribution in [0.3, 0.4) is 0 Å². The number of benzene rings is 2. The summed E-state index contributed by atoms with van der Waals surface area (Å²) >= 11 is 0. The molecular formula is C19H20N2O5. The van der Waals surface area contributed by atoms with E-state index in [1.807, 2.05) is 12.1 Å². The number of anilines is 1. The zero-order valence-electron chi connectivity index (χ0n) is 14.8. The Kier molecular flexibility index (Phi) is 5.71. The molecule has 0 aliphatic heterocycles. The Morgan fingerprint density at radius 3 is 2.35 bits per heavy atom. The molecule has 1 N–H and O–H groups in total. The number of nitro groups is 1. The number of rotatable bonds is 5. The van der Waals surface area contributed by atoms with Gasteiger partial charge in [-0.25, -0.2) is 4.79 Å². The van der Waals surface area contributed by atoms with Gasteiger partial charge in [0.05, 0.1) is 10.5 Å². The van der Waals surface area contributed by atoms with E-state index >= 15 is 0 Å². The van der Waals surface area contributed by atoms with Crippen molar-refractivity contribution in [3.05, 3.63) is 69.8 Å². The van der Waals surface area contributed by atoms with Gasteiger partial charge in [-0.2, -0.15) is 0 Å². The van der Waals surface area contributed by atoms with Crippen molar-refractivity contribution in [2.24, 2.45) is 0 Å². The molecule has 0 aromatic heterocycles. The number of amides is 1. The normalized spacial score (nSPS) is 10.9. The molecule has 0 atom stereocenters. The van der Waals surface area contributed by atoms with Gasteiger partial charge < -0.3 is 10.1 Å². The first-order chi connectivity index (χ1) is 12.2. The second-order valence-electron chi connectivity index (χ2n) is 6.76. The number of nitrogens with one attached hydrogen (secondary N) is 1. The van der Waals surface area contributed by atoms with Crippen LogP contribution in [-0.4, -0.2) is 23.4 Å². The molecule has 1 amide bonds. The molecule has 0 spiro atoms. The molecule has 0 unspecified atom stereocenters. The van der Waals surface area contributed by atoms with Crippen LogP contribution in [0.5, 0.6) is 0 Å². The maximum absolute atomic E-state index is 12.0. The van der Waals surface area contributed by atoms with Crippen LogP contribution in [0.2, 0.25) is 0 Å². The lowest BCUT2D eigenvalue weighted by Gasteiger charge is -2.18. The molecule has 0 aliphatic rings. The first-order valence-electron chi connectivity index (χ1n) is 7.99. The Bertz CT molecular complexity index is 823. The van der Waals surface area contributed by atoms with E-state index in [1.54, 1.807) is 12.1 Å². The van der Waals surface area contributed by atoms with Gasteiger partial charge in [0.1, 0.15) is 0 Å². The molecule has 0 saturated carbocycles. The highest BCUT2D eigenvalue weighted by molar-refractivity contribution is 5.95. The van der Waals surface area contributed by atoms with E-state index in [1.165, 1.54) is 24.3 Å². The van der Waals surface area contributed by atoms with Crippen molar-refractivity contribution in [3.63, 3.8) is 0 Å². The summed E-state index contributed by atoms with van der Waals surface area (Å²) in [5, 5.41) is 13.2. The van der Waals surface area contributed by atoms with Crippen molar-refractivity contribution in [2.75, 3.05) is 11.9 Å². The van der Waals surface area contributed by atoms with Gasteiger partial charge in [-0.3, -0.25) is 14.9 Å². The van der Waals surface area contributed by atoms with Crippen molar-refractivity contribution in [3.8, 4) is 0 Å². The Balaban J connectivity index is 1.91. The minimum atomic E-state index is -0.611. The van der Waals surface area contributed by atoms with Crippen molar-refractivity contribution in [2.45, 2.75) is 26.2 Å². The van der Waals surface area contributed by atoms with Gasteiger partial charge in [-0.1, -0.05) is 39.0 Å². The maximum atomic E-state index is 12.0. The molecule has 0 aliphatic carbocycles. The summed E-state index contributed by atoms with van der Waals surface area (Å²) in [7, 11) is 0. The lowest BCUT2D eigenvalue weighted by molar-refractivity contribution is -0.384. The number of esters is 1. The molecule has 7 nitrogen and oxygen atoms in total. The molecule has 0 fully saturated rings. The number of hydrogen-bond donors (Lipinski definition) is 1. The SMILES string of the molecule is CC(C)(C)c1ccc(C(=O)OCC(=O)Nc2cccc([N+](=O)[O-])c2)cc1. The number of carbonyl (C=O) groups excluding carboxylic acids is 2. The highest BCUT2D eigenvalue weighted by atomic mass is 16.6. The van der Waals surface area contributed by atoms with Crippen LogP contribution in [0.1, 0.15) is 36.7 Å². The van der Waals surface area contributed by atoms with Crippen molar-refractivity contribution >= 4 is 23.3 Å². The van der Waals surface area contributed by atoms with Crippen LogP contribution in [0.15, 0.2) is 48.5 Å². The fraction of sp³-hybridized carbons (Fsp3) is 0.263. The lowest BCUT2D eigenvalue weighted by Crippen LogP contribution is -2.21. The van der Waals surface area contributed by atoms with Crippen LogP contribution in [0, 0.1) is 10.1 Å². The van der Waals surface area contributed by atoms with E-state index in [-0.39, 0.29) is 16.8 Å². The lowest BCUT2D eigenvalue weighted by atomic mass is 9.87. The molecule has 0 radical (unpaired) electrons. The summed E-state index contributed by atoms with van der Waals surface area (Å²) in [5.74, 6) is -1.19. The van der Waals surface area contributed by atoms with E-state index < -0.39 is 23.4 Å². The molecule has 7 heteroatoms. The van der Waals surface area contributed by atoms with Gasteiger partial charge in [0, 0.05) is 17.8 Å². The molecule has 2 aromatic carbocycles. The monoisotopic (exact) mass is 356 g/mol. The van der Waals surface area contributed by atoms with Crippen molar-refractivity contribution in [1.82, 2.24) is 0 Å². The molecule has 26 heavy (non-hydrogen) atoms. The average molecular weight is 356 g/mol. The van der Waals surface area contributed by atoms with E-state index in [2.05, 4.69) is 26.1 Å². The van der Waals surface area contributed by atoms with Gasteiger partial charge in [0.15, 0.2) is 6.61 Å². The van der Waals surface area contributed by atoms with Crippen LogP contribution >= 0.6 is 0 Å². The predicted octanol–water partition coefficient (Wildman–Crippen LogP) is 3.69. The highest BCUT2D eigenvalue weighted by Gasteiger charge is 2.16. The molecule has 0 heterocycles. The van der Waals surface area contributed by atoms with Gasteiger partial charge in [-0.05, 0) is 29.2 Å². The average Bonchev–Trinajstić information content (AvgIpc) is 2.59. The zero-order chi connectivity index (χ0) is 19.3. The Hall–Kier alpha value is -3.22. The predicted molar refractivity (Wildman–Crippen MR) is 97.2 cm³/mol. The molecule has 0 bridgehead atoms. The number of hydrogen-bond acceptors (Lipinski definition) is 5. The van der Waals surface area contributed by atoms with Crippen LogP contribution < -0.4 is 5.32 Å². The minimum Gasteiger partial charge on any atom is -0.452 e. The summed E-state index contributed by atoms with van der Waals surface area (Å²) in [6.07, 6.45) is 0. The number of nitro benzene ring substituents is 1. The van der Waals surface area contributed by atoms with E-state index in [0.717, 1.165) is 5.56 Å². The second kappa shape index (κ2) is 7.77. The quantitative estimate of drug-likeness (QED) is 0.500. The molecule has 0 saturated heterocycles. The van der Waals surface area contributed by atoms with Gasteiger partial charge in [0.25, 0.3) is 11.6 Å². The van der Waals surface area contributed by atoms with Crippen LogP contribution in [0.25, 0.3) is 0 Å². The number of nitrogens with zero attached hydrogens (tertiary/aromatic N) is 1. The molecule has 136 valence electrons. The van der Waals surface area contributed by atoms with E-state index in [0.29, 0.717) is 5.56 Å². The second-order valence-corrected chi connectivity index (χ2v) is 6.76. The fourth-order valence-corrected chi connectivity index (χ4v) is 2.22. The van der Waals surface area contributed by atoms with Crippen LogP contribution in [-0.2, 0) is 14.9 Å². The van der Waals surface area contributed by atoms with Gasteiger partial charge in [0.2, 0.25) is 0 Å². The number of ether oxygens (including phenoxy) is 1. The Labute approximate surface area is 151 Å². The summed E-state index contributed by atoms with van der Waals surface area (Å²) in [4.78, 5) is 34.0. The van der Waals surface area contributed by atoms with Crippen molar-refractivity contribution < 1.29 is 19.2 Å². The van der Waals surface area contributed by atoms with E-state index in [4.69, 9.17) is 4.74 Å². The first kappa shape index (κ1) is 19.1. The summed E-state index contributed by atoms with van der Waals surface area (Å²) < 4.78 is 4.98. The number of non-ortho nitro benzene ring substituents is 1. The van der Waals surface area contributed by atoms with Gasteiger partial charge >= 0.3 is 5.97 Å². The Morgan fingerprint density at radius 1 is 1.12 bits per heavy atom. The minimum absolute atomic E-state index is 0.0272. The molecule has 2 aromatic rings. The summed E-state index contributed by atoms with van der Waals surface area (Å²) in [6, 6.07) is 12.5. The molecular weight excluding hydrogens is 336 g/mol. The molecule has 2 rings (SSSR count). The third-order valence-electron chi connectivity index (χ3n) is 3.66. The van der Waals surface area contributed by atoms with Crippen molar-refractivity contribution in [1.29, 1.82) is 0 Å². The number of carbonyl (C=O) groups is 2. The maximum Gasteiger partial charge on any atom is 0.338 e. The largest absolute Gasteiger partial charge is 0.452 e. The highest BCUT2D eigenvalue weighted by Crippen LogP contribution is 2.22. The topological polar surface area (TPSA) is 98.5 Å². The first-order valence-corrected chi connectivity index (χ1v) is 7.99. The van der Waals surface area contributed by atoms with Crippen LogP contribution in [0.4, 0.5) is 11.4 Å². The zero-order valence-corrected chi connectivity index (χ0v) is 14.8. The third-order valence-corrected chi connectivity index (χ3v) is 3.66. The van der Waals surface area contributed by atoms with E-state index in [9.17, 15) is 19.7 Å². The van der Waals surface area contributed by atoms with Gasteiger partial charge in [-0.15, -0.1) is 0 Å². The Morgan fingerprint density at radius 2 is 1.77 bits per heavy atom. The fourth-order valence-electron chi connectivity index (χ4n) is 2.22. The summed E-state index contributed by atoms with van der Waals surface area (Å²) in [5.41, 5.74) is 1.52. The summed E-state index contributed by atoms with van der Waals surface area (Å²) in [6.45, 7) is 5.72.